The van der Waals surface area contributed by atoms with Crippen LogP contribution in [0.2, 0.25) is 0 Å². The Kier molecular flexibility index (Phi) is 5.14. The predicted molar refractivity (Wildman–Crippen MR) is 105 cm³/mol. The van der Waals surface area contributed by atoms with E-state index in [-0.39, 0.29) is 6.17 Å². The Hall–Kier alpha value is -2.43. The molecule has 1 unspecified atom stereocenters. The molecule has 4 nitrogen and oxygen atoms in total. The number of hydrogen-bond acceptors (Lipinski definition) is 3. The predicted octanol–water partition coefficient (Wildman–Crippen LogP) is 3.56. The fourth-order valence-electron chi connectivity index (χ4n) is 3.82. The second-order valence-electron chi connectivity index (χ2n) is 7.01. The van der Waals surface area contributed by atoms with Gasteiger partial charge in [0.05, 0.1) is 0 Å². The Morgan fingerprint density at radius 1 is 0.885 bits per heavy atom. The first-order valence-corrected chi connectivity index (χ1v) is 9.36. The van der Waals surface area contributed by atoms with Crippen LogP contribution in [-0.4, -0.2) is 45.8 Å². The maximum absolute atomic E-state index is 4.56. The molecule has 1 aliphatic rings. The average Bonchev–Trinajstić information content (AvgIpc) is 3.20. The zero-order chi connectivity index (χ0) is 17.8. The Balaban J connectivity index is 1.49. The Morgan fingerprint density at radius 2 is 1.62 bits per heavy atom. The molecule has 2 heterocycles. The summed E-state index contributed by atoms with van der Waals surface area (Å²) in [5, 5.41) is 4.56. The van der Waals surface area contributed by atoms with E-state index in [0.717, 1.165) is 32.7 Å². The van der Waals surface area contributed by atoms with E-state index in [1.807, 2.05) is 12.3 Å². The second kappa shape index (κ2) is 7.85. The van der Waals surface area contributed by atoms with Gasteiger partial charge >= 0.3 is 0 Å². The molecule has 1 aliphatic heterocycles. The summed E-state index contributed by atoms with van der Waals surface area (Å²) < 4.78 is 2.09. The highest BCUT2D eigenvalue weighted by molar-refractivity contribution is 5.29. The molecule has 0 spiro atoms. The van der Waals surface area contributed by atoms with Crippen LogP contribution in [0.1, 0.15) is 22.9 Å². The molecule has 4 rings (SSSR count). The minimum Gasteiger partial charge on any atom is -0.297 e. The smallest absolute Gasteiger partial charge is 0.130 e. The summed E-state index contributed by atoms with van der Waals surface area (Å²) in [5.41, 5.74) is 4.05. The van der Waals surface area contributed by atoms with Gasteiger partial charge in [-0.25, -0.2) is 0 Å². The quantitative estimate of drug-likeness (QED) is 0.706. The molecule has 0 bridgehead atoms. The molecule has 2 aromatic carbocycles. The molecule has 0 amide bonds. The molecular formula is C22H26N4. The molecule has 1 aromatic heterocycles. The minimum atomic E-state index is 0.171. The van der Waals surface area contributed by atoms with E-state index < -0.39 is 0 Å². The standard InChI is InChI=1S/C22H26N4/c1-19-8-5-6-11-21(19)22(26-13-7-12-23-26)25-16-14-24(15-17-25)18-20-9-3-2-4-10-20/h2-13,22H,14-18H2,1H3. The Morgan fingerprint density at radius 3 is 2.31 bits per heavy atom. The van der Waals surface area contributed by atoms with E-state index in [0.29, 0.717) is 0 Å². The fraction of sp³-hybridized carbons (Fsp3) is 0.318. The zero-order valence-electron chi connectivity index (χ0n) is 15.3. The summed E-state index contributed by atoms with van der Waals surface area (Å²) in [7, 11) is 0. The maximum atomic E-state index is 4.56. The van der Waals surface area contributed by atoms with Gasteiger partial charge < -0.3 is 0 Å². The van der Waals surface area contributed by atoms with Crippen molar-refractivity contribution in [2.75, 3.05) is 26.2 Å². The van der Waals surface area contributed by atoms with Gasteiger partial charge in [-0.2, -0.15) is 5.10 Å². The van der Waals surface area contributed by atoms with Crippen molar-refractivity contribution in [3.63, 3.8) is 0 Å². The van der Waals surface area contributed by atoms with Crippen molar-refractivity contribution in [2.45, 2.75) is 19.6 Å². The number of aryl methyl sites for hydroxylation is 1. The zero-order valence-corrected chi connectivity index (χ0v) is 15.3. The van der Waals surface area contributed by atoms with Crippen molar-refractivity contribution >= 4 is 0 Å². The van der Waals surface area contributed by atoms with Gasteiger partial charge in [0.25, 0.3) is 0 Å². The number of hydrogen-bond donors (Lipinski definition) is 0. The van der Waals surface area contributed by atoms with Gasteiger partial charge in [0.1, 0.15) is 6.17 Å². The van der Waals surface area contributed by atoms with Crippen LogP contribution in [0.15, 0.2) is 73.1 Å². The third-order valence-corrected chi connectivity index (χ3v) is 5.24. The summed E-state index contributed by atoms with van der Waals surface area (Å²) in [6.45, 7) is 7.48. The Labute approximate surface area is 155 Å². The number of rotatable bonds is 5. The molecule has 134 valence electrons. The number of piperazine rings is 1. The minimum absolute atomic E-state index is 0.171. The van der Waals surface area contributed by atoms with Crippen LogP contribution in [0.3, 0.4) is 0 Å². The van der Waals surface area contributed by atoms with Crippen LogP contribution in [0.25, 0.3) is 0 Å². The lowest BCUT2D eigenvalue weighted by atomic mass is 10.0. The highest BCUT2D eigenvalue weighted by Gasteiger charge is 2.27. The molecule has 0 radical (unpaired) electrons. The van der Waals surface area contributed by atoms with Crippen LogP contribution in [-0.2, 0) is 6.54 Å². The highest BCUT2D eigenvalue weighted by atomic mass is 15.4. The fourth-order valence-corrected chi connectivity index (χ4v) is 3.82. The van der Waals surface area contributed by atoms with E-state index in [1.54, 1.807) is 0 Å². The monoisotopic (exact) mass is 346 g/mol. The molecule has 3 aromatic rings. The second-order valence-corrected chi connectivity index (χ2v) is 7.01. The van der Waals surface area contributed by atoms with Crippen molar-refractivity contribution in [1.82, 2.24) is 19.6 Å². The topological polar surface area (TPSA) is 24.3 Å². The molecular weight excluding hydrogens is 320 g/mol. The summed E-state index contributed by atoms with van der Waals surface area (Å²) >= 11 is 0. The van der Waals surface area contributed by atoms with Crippen LogP contribution in [0.4, 0.5) is 0 Å². The summed E-state index contributed by atoms with van der Waals surface area (Å²) in [4.78, 5) is 5.10. The van der Waals surface area contributed by atoms with Crippen LogP contribution in [0.5, 0.6) is 0 Å². The molecule has 0 N–H and O–H groups in total. The SMILES string of the molecule is Cc1ccccc1C(N1CCN(Cc2ccccc2)CC1)n1cccn1. The average molecular weight is 346 g/mol. The summed E-state index contributed by atoms with van der Waals surface area (Å²) in [5.74, 6) is 0. The lowest BCUT2D eigenvalue weighted by Gasteiger charge is -2.39. The molecule has 1 saturated heterocycles. The van der Waals surface area contributed by atoms with Crippen LogP contribution < -0.4 is 0 Å². The van der Waals surface area contributed by atoms with Crippen molar-refractivity contribution in [1.29, 1.82) is 0 Å². The highest BCUT2D eigenvalue weighted by Crippen LogP contribution is 2.26. The van der Waals surface area contributed by atoms with Crippen molar-refractivity contribution < 1.29 is 0 Å². The lowest BCUT2D eigenvalue weighted by Crippen LogP contribution is -2.48. The molecule has 26 heavy (non-hydrogen) atoms. The van der Waals surface area contributed by atoms with Gasteiger partial charge in [-0.3, -0.25) is 14.5 Å². The number of benzene rings is 2. The van der Waals surface area contributed by atoms with E-state index >= 15 is 0 Å². The van der Waals surface area contributed by atoms with Crippen LogP contribution >= 0.6 is 0 Å². The van der Waals surface area contributed by atoms with Crippen molar-refractivity contribution in [3.8, 4) is 0 Å². The largest absolute Gasteiger partial charge is 0.297 e. The third kappa shape index (κ3) is 3.71. The van der Waals surface area contributed by atoms with Gasteiger partial charge in [0.2, 0.25) is 0 Å². The summed E-state index contributed by atoms with van der Waals surface area (Å²) in [6, 6.07) is 21.4. The van der Waals surface area contributed by atoms with Gasteiger partial charge in [0.15, 0.2) is 0 Å². The first kappa shape index (κ1) is 17.0. The van der Waals surface area contributed by atoms with E-state index in [4.69, 9.17) is 0 Å². The third-order valence-electron chi connectivity index (χ3n) is 5.24. The van der Waals surface area contributed by atoms with Crippen molar-refractivity contribution in [2.24, 2.45) is 0 Å². The molecule has 1 fully saturated rings. The van der Waals surface area contributed by atoms with Gasteiger partial charge in [-0.05, 0) is 29.7 Å². The molecule has 0 saturated carbocycles. The van der Waals surface area contributed by atoms with Gasteiger partial charge in [-0.15, -0.1) is 0 Å². The van der Waals surface area contributed by atoms with Gasteiger partial charge in [0, 0.05) is 45.1 Å². The molecule has 0 aliphatic carbocycles. The van der Waals surface area contributed by atoms with Crippen LogP contribution in [0, 0.1) is 6.92 Å². The van der Waals surface area contributed by atoms with E-state index in [9.17, 15) is 0 Å². The Bertz CT molecular complexity index is 805. The molecule has 4 heteroatoms. The normalized spacial score (nSPS) is 17.3. The number of nitrogens with zero attached hydrogens (tertiary/aromatic N) is 4. The van der Waals surface area contributed by atoms with Crippen molar-refractivity contribution in [3.05, 3.63) is 89.7 Å². The summed E-state index contributed by atoms with van der Waals surface area (Å²) in [6.07, 6.45) is 4.12. The first-order chi connectivity index (χ1) is 12.8. The lowest BCUT2D eigenvalue weighted by molar-refractivity contribution is 0.0739. The van der Waals surface area contributed by atoms with E-state index in [1.165, 1.54) is 16.7 Å². The van der Waals surface area contributed by atoms with Gasteiger partial charge in [-0.1, -0.05) is 54.6 Å². The first-order valence-electron chi connectivity index (χ1n) is 9.36. The number of aromatic nitrogens is 2. The van der Waals surface area contributed by atoms with E-state index in [2.05, 4.69) is 87.3 Å². The maximum Gasteiger partial charge on any atom is 0.130 e. The molecule has 1 atom stereocenters.